The van der Waals surface area contributed by atoms with E-state index in [1.165, 1.54) is 0 Å². The first-order valence-electron chi connectivity index (χ1n) is 8.91. The van der Waals surface area contributed by atoms with Crippen molar-refractivity contribution < 1.29 is 19.1 Å². The van der Waals surface area contributed by atoms with Gasteiger partial charge < -0.3 is 9.47 Å². The summed E-state index contributed by atoms with van der Waals surface area (Å²) < 4.78 is 10.8. The van der Waals surface area contributed by atoms with E-state index >= 15 is 0 Å². The molecule has 0 spiro atoms. The molecule has 0 unspecified atom stereocenters. The maximum atomic E-state index is 12.9. The Bertz CT molecular complexity index is 841. The van der Waals surface area contributed by atoms with Crippen LogP contribution >= 0.6 is 11.8 Å². The van der Waals surface area contributed by atoms with Gasteiger partial charge in [0.2, 0.25) is 0 Å². The Hall–Kier alpha value is -2.53. The van der Waals surface area contributed by atoms with Crippen molar-refractivity contribution in [3.05, 3.63) is 65.2 Å². The lowest BCUT2D eigenvalue weighted by atomic mass is 9.92. The van der Waals surface area contributed by atoms with E-state index in [1.807, 2.05) is 48.5 Å². The fourth-order valence-electron chi connectivity index (χ4n) is 2.89. The van der Waals surface area contributed by atoms with Crippen LogP contribution in [0.5, 0.6) is 0 Å². The number of rotatable bonds is 4. The zero-order valence-corrected chi connectivity index (χ0v) is 16.6. The second-order valence-electron chi connectivity index (χ2n) is 6.75. The molecule has 5 heteroatoms. The summed E-state index contributed by atoms with van der Waals surface area (Å²) in [7, 11) is 0. The normalized spacial score (nSPS) is 12.4. The van der Waals surface area contributed by atoms with Gasteiger partial charge in [0.1, 0.15) is 0 Å². The summed E-state index contributed by atoms with van der Waals surface area (Å²) in [5.41, 5.74) is 2.17. The molecule has 0 aromatic heterocycles. The Morgan fingerprint density at radius 3 is 1.56 bits per heavy atom. The highest BCUT2D eigenvalue weighted by Gasteiger charge is 2.33. The maximum absolute atomic E-state index is 12.9. The first-order chi connectivity index (χ1) is 12.9. The molecule has 4 nitrogen and oxygen atoms in total. The molecule has 0 radical (unpaired) electrons. The molecule has 27 heavy (non-hydrogen) atoms. The Morgan fingerprint density at radius 2 is 1.15 bits per heavy atom. The maximum Gasteiger partial charge on any atom is 0.346 e. The fraction of sp³-hybridized carbons (Fsp3) is 0.273. The highest BCUT2D eigenvalue weighted by atomic mass is 32.2. The molecule has 140 valence electrons. The third kappa shape index (κ3) is 4.08. The molecule has 2 aromatic carbocycles. The predicted molar refractivity (Wildman–Crippen MR) is 105 cm³/mol. The molecule has 0 aliphatic carbocycles. The number of hydrogen-bond donors (Lipinski definition) is 0. The predicted octanol–water partition coefficient (Wildman–Crippen LogP) is 4.86. The Kier molecular flexibility index (Phi) is 5.71. The van der Waals surface area contributed by atoms with Crippen LogP contribution in [0.2, 0.25) is 0 Å². The molecule has 2 aromatic rings. The van der Waals surface area contributed by atoms with Crippen molar-refractivity contribution in [1.29, 1.82) is 0 Å². The van der Waals surface area contributed by atoms with Gasteiger partial charge in [-0.15, -0.1) is 0 Å². The minimum atomic E-state index is -0.665. The Labute approximate surface area is 163 Å². The Morgan fingerprint density at radius 1 is 0.741 bits per heavy atom. The summed E-state index contributed by atoms with van der Waals surface area (Å²) >= 11 is 1.62. The fourth-order valence-corrected chi connectivity index (χ4v) is 3.98. The highest BCUT2D eigenvalue weighted by molar-refractivity contribution is 7.99. The molecular formula is C22H22O4S. The van der Waals surface area contributed by atoms with E-state index in [0.717, 1.165) is 20.9 Å². The molecule has 1 aliphatic rings. The average molecular weight is 382 g/mol. The molecule has 1 heterocycles. The van der Waals surface area contributed by atoms with Gasteiger partial charge in [-0.05, 0) is 51.0 Å². The lowest BCUT2D eigenvalue weighted by molar-refractivity contribution is -0.150. The second kappa shape index (κ2) is 8.01. The van der Waals surface area contributed by atoms with Crippen LogP contribution in [-0.2, 0) is 19.1 Å². The monoisotopic (exact) mass is 382 g/mol. The van der Waals surface area contributed by atoms with Gasteiger partial charge in [-0.25, -0.2) is 9.59 Å². The van der Waals surface area contributed by atoms with Crippen LogP contribution in [0.15, 0.2) is 63.9 Å². The smallest absolute Gasteiger partial charge is 0.346 e. The summed E-state index contributed by atoms with van der Waals surface area (Å²) in [5, 5.41) is 0. The lowest BCUT2D eigenvalue weighted by Crippen LogP contribution is -2.25. The summed E-state index contributed by atoms with van der Waals surface area (Å²) in [6, 6.07) is 15.5. The number of hydrogen-bond acceptors (Lipinski definition) is 5. The number of benzene rings is 2. The average Bonchev–Trinajstić information content (AvgIpc) is 2.60. The summed E-state index contributed by atoms with van der Waals surface area (Å²) in [5.74, 6) is -1.33. The van der Waals surface area contributed by atoms with E-state index in [0.29, 0.717) is 5.57 Å². The van der Waals surface area contributed by atoms with Gasteiger partial charge in [-0.2, -0.15) is 0 Å². The van der Waals surface area contributed by atoms with Gasteiger partial charge in [0, 0.05) is 15.4 Å². The number of fused-ring (bicyclic) bond motifs is 2. The van der Waals surface area contributed by atoms with Crippen molar-refractivity contribution in [3.63, 3.8) is 0 Å². The SMILES string of the molecule is CC(C)OC(=O)C(C(=O)OC(C)C)=C1c2ccccc2Sc2ccccc21. The van der Waals surface area contributed by atoms with Gasteiger partial charge in [-0.3, -0.25) is 0 Å². The summed E-state index contributed by atoms with van der Waals surface area (Å²) in [4.78, 5) is 27.8. The number of carbonyl (C=O) groups excluding carboxylic acids is 2. The minimum Gasteiger partial charge on any atom is -0.459 e. The van der Waals surface area contributed by atoms with Crippen molar-refractivity contribution in [3.8, 4) is 0 Å². The molecule has 0 bridgehead atoms. The molecule has 0 atom stereocenters. The van der Waals surface area contributed by atoms with E-state index in [1.54, 1.807) is 39.5 Å². The molecule has 0 saturated carbocycles. The number of carbonyl (C=O) groups is 2. The first-order valence-corrected chi connectivity index (χ1v) is 9.73. The zero-order valence-electron chi connectivity index (χ0n) is 15.8. The molecule has 0 N–H and O–H groups in total. The van der Waals surface area contributed by atoms with Crippen LogP contribution in [0.4, 0.5) is 0 Å². The van der Waals surface area contributed by atoms with Crippen molar-refractivity contribution in [2.75, 3.05) is 0 Å². The Balaban J connectivity index is 2.29. The van der Waals surface area contributed by atoms with E-state index in [9.17, 15) is 9.59 Å². The molecule has 0 saturated heterocycles. The molecule has 0 fully saturated rings. The van der Waals surface area contributed by atoms with Crippen molar-refractivity contribution >= 4 is 29.3 Å². The zero-order chi connectivity index (χ0) is 19.6. The molecule has 1 aliphatic heterocycles. The third-order valence-electron chi connectivity index (χ3n) is 3.88. The third-order valence-corrected chi connectivity index (χ3v) is 5.03. The van der Waals surface area contributed by atoms with Crippen LogP contribution < -0.4 is 0 Å². The largest absolute Gasteiger partial charge is 0.459 e. The van der Waals surface area contributed by atoms with E-state index in [2.05, 4.69) is 0 Å². The van der Waals surface area contributed by atoms with Crippen LogP contribution in [0.1, 0.15) is 38.8 Å². The summed E-state index contributed by atoms with van der Waals surface area (Å²) in [6.07, 6.45) is -0.688. The van der Waals surface area contributed by atoms with Crippen LogP contribution in [0.25, 0.3) is 5.57 Å². The first kappa shape index (κ1) is 19.2. The van der Waals surface area contributed by atoms with Gasteiger partial charge in [0.15, 0.2) is 5.57 Å². The molecular weight excluding hydrogens is 360 g/mol. The van der Waals surface area contributed by atoms with Gasteiger partial charge in [-0.1, -0.05) is 48.2 Å². The van der Waals surface area contributed by atoms with Crippen LogP contribution in [0.3, 0.4) is 0 Å². The van der Waals surface area contributed by atoms with Crippen molar-refractivity contribution in [1.82, 2.24) is 0 Å². The van der Waals surface area contributed by atoms with Gasteiger partial charge in [0.25, 0.3) is 0 Å². The highest BCUT2D eigenvalue weighted by Crippen LogP contribution is 2.46. The van der Waals surface area contributed by atoms with Crippen molar-refractivity contribution in [2.24, 2.45) is 0 Å². The van der Waals surface area contributed by atoms with E-state index < -0.39 is 11.9 Å². The second-order valence-corrected chi connectivity index (χ2v) is 7.84. The van der Waals surface area contributed by atoms with Crippen molar-refractivity contribution in [2.45, 2.75) is 49.7 Å². The number of ether oxygens (including phenoxy) is 2. The lowest BCUT2D eigenvalue weighted by Gasteiger charge is -2.24. The molecule has 0 amide bonds. The van der Waals surface area contributed by atoms with Gasteiger partial charge >= 0.3 is 11.9 Å². The van der Waals surface area contributed by atoms with Crippen LogP contribution in [0, 0.1) is 0 Å². The molecule has 3 rings (SSSR count). The standard InChI is InChI=1S/C22H22O4S/c1-13(2)25-21(23)20(22(24)26-14(3)4)19-15-9-5-7-11-17(15)27-18-12-8-6-10-16(18)19/h5-14H,1-4H3. The topological polar surface area (TPSA) is 52.6 Å². The number of esters is 2. The summed E-state index contributed by atoms with van der Waals surface area (Å²) in [6.45, 7) is 7.03. The van der Waals surface area contributed by atoms with E-state index in [4.69, 9.17) is 9.47 Å². The quantitative estimate of drug-likeness (QED) is 0.279. The van der Waals surface area contributed by atoms with Crippen LogP contribution in [-0.4, -0.2) is 24.1 Å². The van der Waals surface area contributed by atoms with E-state index in [-0.39, 0.29) is 17.8 Å². The minimum absolute atomic E-state index is 0.0578. The van der Waals surface area contributed by atoms with Gasteiger partial charge in [0.05, 0.1) is 12.2 Å².